The lowest BCUT2D eigenvalue weighted by molar-refractivity contribution is 0.0953. The van der Waals surface area contributed by atoms with Crippen molar-refractivity contribution in [3.8, 4) is 0 Å². The van der Waals surface area contributed by atoms with Gasteiger partial charge in [-0.2, -0.15) is 0 Å². The molecule has 2 atom stereocenters. The minimum atomic E-state index is 0.708. The Balaban J connectivity index is 2.04. The van der Waals surface area contributed by atoms with Crippen LogP contribution in [-0.2, 0) is 6.54 Å². The second-order valence-electron chi connectivity index (χ2n) is 4.93. The summed E-state index contributed by atoms with van der Waals surface area (Å²) >= 11 is 5.90. The summed E-state index contributed by atoms with van der Waals surface area (Å²) in [5.74, 6) is 0. The lowest BCUT2D eigenvalue weighted by atomic mass is 9.97. The van der Waals surface area contributed by atoms with Gasteiger partial charge < -0.3 is 0 Å². The van der Waals surface area contributed by atoms with E-state index in [2.05, 4.69) is 30.9 Å². The molecular weight excluding hydrogens is 218 g/mol. The van der Waals surface area contributed by atoms with Crippen molar-refractivity contribution in [2.45, 2.75) is 51.7 Å². The van der Waals surface area contributed by atoms with Gasteiger partial charge in [0, 0.05) is 23.7 Å². The first kappa shape index (κ1) is 11.9. The monoisotopic (exact) mass is 237 g/mol. The topological polar surface area (TPSA) is 3.24 Å². The Hall–Kier alpha value is -0.530. The lowest BCUT2D eigenvalue weighted by Crippen LogP contribution is -2.42. The Kier molecular flexibility index (Phi) is 3.88. The maximum atomic E-state index is 5.90. The Labute approximate surface area is 103 Å². The molecule has 1 aromatic carbocycles. The summed E-state index contributed by atoms with van der Waals surface area (Å²) in [4.78, 5) is 2.60. The van der Waals surface area contributed by atoms with Crippen LogP contribution in [0.25, 0.3) is 0 Å². The second kappa shape index (κ2) is 5.20. The molecule has 1 aliphatic rings. The molecular formula is C14H20ClN. The quantitative estimate of drug-likeness (QED) is 0.749. The molecule has 0 spiro atoms. The van der Waals surface area contributed by atoms with E-state index < -0.39 is 0 Å². The van der Waals surface area contributed by atoms with E-state index in [0.717, 1.165) is 11.6 Å². The highest BCUT2D eigenvalue weighted by molar-refractivity contribution is 6.30. The van der Waals surface area contributed by atoms with Crippen molar-refractivity contribution in [1.82, 2.24) is 4.90 Å². The van der Waals surface area contributed by atoms with Crippen molar-refractivity contribution < 1.29 is 0 Å². The molecule has 1 saturated heterocycles. The van der Waals surface area contributed by atoms with E-state index in [1.54, 1.807) is 0 Å². The summed E-state index contributed by atoms with van der Waals surface area (Å²) in [5, 5.41) is 0.823. The van der Waals surface area contributed by atoms with E-state index in [9.17, 15) is 0 Å². The van der Waals surface area contributed by atoms with Crippen molar-refractivity contribution in [2.75, 3.05) is 0 Å². The Morgan fingerprint density at radius 3 is 2.25 bits per heavy atom. The van der Waals surface area contributed by atoms with Crippen LogP contribution in [0.1, 0.15) is 38.7 Å². The molecule has 1 fully saturated rings. The Morgan fingerprint density at radius 1 is 1.12 bits per heavy atom. The van der Waals surface area contributed by atoms with E-state index in [1.165, 1.54) is 24.8 Å². The molecule has 0 saturated carbocycles. The average molecular weight is 238 g/mol. The molecule has 0 amide bonds. The number of rotatable bonds is 2. The summed E-state index contributed by atoms with van der Waals surface area (Å²) in [6, 6.07) is 9.65. The molecule has 0 N–H and O–H groups in total. The van der Waals surface area contributed by atoms with Gasteiger partial charge in [-0.15, -0.1) is 0 Å². The van der Waals surface area contributed by atoms with Crippen LogP contribution in [0.3, 0.4) is 0 Å². The molecule has 1 nitrogen and oxygen atoms in total. The zero-order valence-electron chi connectivity index (χ0n) is 10.1. The van der Waals surface area contributed by atoms with Crippen LogP contribution in [0, 0.1) is 0 Å². The second-order valence-corrected chi connectivity index (χ2v) is 5.36. The summed E-state index contributed by atoms with van der Waals surface area (Å²) in [5.41, 5.74) is 1.37. The van der Waals surface area contributed by atoms with Crippen molar-refractivity contribution in [3.05, 3.63) is 34.9 Å². The number of halogens is 1. The van der Waals surface area contributed by atoms with E-state index in [0.29, 0.717) is 12.1 Å². The van der Waals surface area contributed by atoms with Crippen LogP contribution in [0.2, 0.25) is 5.02 Å². The molecule has 2 rings (SSSR count). The predicted molar refractivity (Wildman–Crippen MR) is 69.8 cm³/mol. The van der Waals surface area contributed by atoms with Gasteiger partial charge in [0.1, 0.15) is 0 Å². The van der Waals surface area contributed by atoms with E-state index in [4.69, 9.17) is 11.6 Å². The van der Waals surface area contributed by atoms with Gasteiger partial charge in [-0.25, -0.2) is 0 Å². The SMILES string of the molecule is C[C@@H]1CCC[C@H](C)N1Cc1ccc(Cl)cc1. The van der Waals surface area contributed by atoms with Crippen molar-refractivity contribution in [1.29, 1.82) is 0 Å². The molecule has 1 heterocycles. The molecule has 1 aliphatic heterocycles. The molecule has 0 unspecified atom stereocenters. The third-order valence-electron chi connectivity index (χ3n) is 3.65. The highest BCUT2D eigenvalue weighted by Crippen LogP contribution is 2.24. The number of nitrogens with zero attached hydrogens (tertiary/aromatic N) is 1. The fraction of sp³-hybridized carbons (Fsp3) is 0.571. The van der Waals surface area contributed by atoms with Gasteiger partial charge in [0.05, 0.1) is 0 Å². The van der Waals surface area contributed by atoms with Crippen LogP contribution in [0.4, 0.5) is 0 Å². The molecule has 2 heteroatoms. The van der Waals surface area contributed by atoms with Gasteiger partial charge in [-0.1, -0.05) is 30.2 Å². The van der Waals surface area contributed by atoms with E-state index in [-0.39, 0.29) is 0 Å². The summed E-state index contributed by atoms with van der Waals surface area (Å²) < 4.78 is 0. The Bertz CT molecular complexity index is 323. The predicted octanol–water partition coefficient (Wildman–Crippen LogP) is 4.10. The third-order valence-corrected chi connectivity index (χ3v) is 3.91. The summed E-state index contributed by atoms with van der Waals surface area (Å²) in [6.07, 6.45) is 4.04. The molecule has 16 heavy (non-hydrogen) atoms. The van der Waals surface area contributed by atoms with Crippen LogP contribution in [-0.4, -0.2) is 17.0 Å². The maximum absolute atomic E-state index is 5.90. The summed E-state index contributed by atoms with van der Waals surface area (Å²) in [6.45, 7) is 5.73. The van der Waals surface area contributed by atoms with Gasteiger partial charge in [0.15, 0.2) is 0 Å². The first-order valence-electron chi connectivity index (χ1n) is 6.17. The minimum Gasteiger partial charge on any atom is -0.294 e. The lowest BCUT2D eigenvalue weighted by Gasteiger charge is -2.39. The highest BCUT2D eigenvalue weighted by atomic mass is 35.5. The van der Waals surface area contributed by atoms with Crippen molar-refractivity contribution >= 4 is 11.6 Å². The normalized spacial score (nSPS) is 26.9. The first-order chi connectivity index (χ1) is 7.66. The minimum absolute atomic E-state index is 0.708. The molecule has 0 radical (unpaired) electrons. The first-order valence-corrected chi connectivity index (χ1v) is 6.55. The fourth-order valence-electron chi connectivity index (χ4n) is 2.59. The van der Waals surface area contributed by atoms with Gasteiger partial charge in [0.2, 0.25) is 0 Å². The van der Waals surface area contributed by atoms with Gasteiger partial charge in [0.25, 0.3) is 0 Å². The van der Waals surface area contributed by atoms with Gasteiger partial charge in [-0.3, -0.25) is 4.90 Å². The van der Waals surface area contributed by atoms with E-state index in [1.807, 2.05) is 12.1 Å². The Morgan fingerprint density at radius 2 is 1.69 bits per heavy atom. The van der Waals surface area contributed by atoms with Crippen LogP contribution in [0.15, 0.2) is 24.3 Å². The number of hydrogen-bond donors (Lipinski definition) is 0. The summed E-state index contributed by atoms with van der Waals surface area (Å²) in [7, 11) is 0. The number of piperidine rings is 1. The number of hydrogen-bond acceptors (Lipinski definition) is 1. The molecule has 0 aromatic heterocycles. The highest BCUT2D eigenvalue weighted by Gasteiger charge is 2.24. The molecule has 0 bridgehead atoms. The van der Waals surface area contributed by atoms with Crippen LogP contribution in [0.5, 0.6) is 0 Å². The zero-order chi connectivity index (χ0) is 11.5. The fourth-order valence-corrected chi connectivity index (χ4v) is 2.71. The van der Waals surface area contributed by atoms with E-state index >= 15 is 0 Å². The largest absolute Gasteiger partial charge is 0.294 e. The molecule has 0 aliphatic carbocycles. The van der Waals surface area contributed by atoms with Gasteiger partial charge in [-0.05, 0) is 44.4 Å². The van der Waals surface area contributed by atoms with Crippen LogP contribution < -0.4 is 0 Å². The molecule has 1 aromatic rings. The smallest absolute Gasteiger partial charge is 0.0406 e. The number of likely N-dealkylation sites (tertiary alicyclic amines) is 1. The average Bonchev–Trinajstić information content (AvgIpc) is 2.26. The maximum Gasteiger partial charge on any atom is 0.0406 e. The van der Waals surface area contributed by atoms with Gasteiger partial charge >= 0.3 is 0 Å². The number of benzene rings is 1. The van der Waals surface area contributed by atoms with Crippen LogP contribution >= 0.6 is 11.6 Å². The standard InChI is InChI=1S/C14H20ClN/c1-11-4-3-5-12(2)16(11)10-13-6-8-14(15)9-7-13/h6-9,11-12H,3-5,10H2,1-2H3/t11-,12+. The van der Waals surface area contributed by atoms with Crippen molar-refractivity contribution in [2.24, 2.45) is 0 Å². The molecule has 88 valence electrons. The zero-order valence-corrected chi connectivity index (χ0v) is 10.9. The third kappa shape index (κ3) is 2.78. The van der Waals surface area contributed by atoms with Crippen molar-refractivity contribution in [3.63, 3.8) is 0 Å².